The largest absolute Gasteiger partial charge is 0.489 e. The van der Waals surface area contributed by atoms with Crippen LogP contribution in [0, 0.1) is 0 Å². The first-order chi connectivity index (χ1) is 14.3. The summed E-state index contributed by atoms with van der Waals surface area (Å²) in [7, 11) is 0. The van der Waals surface area contributed by atoms with Crippen LogP contribution in [0.4, 0.5) is 0 Å². The Labute approximate surface area is 180 Å². The molecule has 0 bridgehead atoms. The fourth-order valence-corrected chi connectivity index (χ4v) is 4.27. The van der Waals surface area contributed by atoms with Gasteiger partial charge in [-0.3, -0.25) is 14.6 Å². The highest BCUT2D eigenvalue weighted by Gasteiger charge is 2.43. The number of ether oxygens (including phenoxy) is 2. The van der Waals surface area contributed by atoms with E-state index in [4.69, 9.17) is 9.47 Å². The van der Waals surface area contributed by atoms with E-state index < -0.39 is 22.4 Å². The molecule has 3 unspecified atom stereocenters. The summed E-state index contributed by atoms with van der Waals surface area (Å²) in [5.74, 6) is 0.0454. The number of aliphatic hydroxyl groups is 1. The zero-order chi connectivity index (χ0) is 21.7. The van der Waals surface area contributed by atoms with Crippen molar-refractivity contribution in [2.24, 2.45) is 0 Å². The van der Waals surface area contributed by atoms with Crippen LogP contribution in [-0.4, -0.2) is 38.9 Å². The number of hydrogen-bond donors (Lipinski definition) is 2. The van der Waals surface area contributed by atoms with E-state index in [2.05, 4.69) is 10.3 Å². The van der Waals surface area contributed by atoms with E-state index in [1.54, 1.807) is 6.20 Å². The summed E-state index contributed by atoms with van der Waals surface area (Å²) in [4.78, 5) is 27.9. The number of rotatable bonds is 8. The molecule has 30 heavy (non-hydrogen) atoms. The molecule has 2 aromatic rings. The van der Waals surface area contributed by atoms with Crippen molar-refractivity contribution in [3.8, 4) is 5.75 Å². The summed E-state index contributed by atoms with van der Waals surface area (Å²) in [6.07, 6.45) is 2.54. The lowest BCUT2D eigenvalue weighted by atomic mass is 9.99. The Morgan fingerprint density at radius 3 is 2.50 bits per heavy atom. The maximum absolute atomic E-state index is 12.1. The smallest absolute Gasteiger partial charge is 0.303 e. The van der Waals surface area contributed by atoms with Crippen LogP contribution in [0.3, 0.4) is 0 Å². The molecule has 7 nitrogen and oxygen atoms in total. The van der Waals surface area contributed by atoms with Gasteiger partial charge in [0.05, 0.1) is 10.4 Å². The van der Waals surface area contributed by atoms with E-state index in [0.717, 1.165) is 17.5 Å². The third-order valence-corrected chi connectivity index (χ3v) is 6.06. The third-order valence-electron chi connectivity index (χ3n) is 4.87. The average molecular weight is 431 g/mol. The average Bonchev–Trinajstić information content (AvgIpc) is 2.97. The van der Waals surface area contributed by atoms with E-state index in [0.29, 0.717) is 17.9 Å². The van der Waals surface area contributed by atoms with Crippen molar-refractivity contribution in [1.29, 1.82) is 0 Å². The summed E-state index contributed by atoms with van der Waals surface area (Å²) in [5.41, 5.74) is 1.82. The number of hydrogen-bond acceptors (Lipinski definition) is 7. The molecule has 1 aliphatic rings. The van der Waals surface area contributed by atoms with Crippen molar-refractivity contribution in [1.82, 2.24) is 10.3 Å². The number of pyridine rings is 1. The molecule has 1 saturated heterocycles. The lowest BCUT2D eigenvalue weighted by molar-refractivity contribution is -0.148. The van der Waals surface area contributed by atoms with Crippen LogP contribution in [-0.2, 0) is 27.2 Å². The van der Waals surface area contributed by atoms with E-state index in [-0.39, 0.29) is 12.5 Å². The van der Waals surface area contributed by atoms with Gasteiger partial charge in [-0.05, 0) is 49.1 Å². The number of carbonyl (C=O) groups is 2. The Hall–Kier alpha value is -2.58. The highest BCUT2D eigenvalue weighted by atomic mass is 32.2. The van der Waals surface area contributed by atoms with Gasteiger partial charge in [0.1, 0.15) is 12.4 Å². The number of esters is 1. The maximum atomic E-state index is 12.1. The topological polar surface area (TPSA) is 97.8 Å². The molecule has 0 aliphatic carbocycles. The quantitative estimate of drug-likeness (QED) is 0.622. The third kappa shape index (κ3) is 5.52. The van der Waals surface area contributed by atoms with Gasteiger partial charge in [-0.1, -0.05) is 36.9 Å². The number of nitrogens with one attached hydrogen (secondary N) is 1. The van der Waals surface area contributed by atoms with Crippen LogP contribution in [0.25, 0.3) is 0 Å². The summed E-state index contributed by atoms with van der Waals surface area (Å²) < 4.78 is 10.5. The van der Waals surface area contributed by atoms with Gasteiger partial charge < -0.3 is 19.9 Å². The van der Waals surface area contributed by atoms with Crippen LogP contribution < -0.4 is 10.1 Å². The van der Waals surface area contributed by atoms with Gasteiger partial charge in [-0.15, -0.1) is 0 Å². The molecule has 1 fully saturated rings. The van der Waals surface area contributed by atoms with Gasteiger partial charge in [0.2, 0.25) is 5.91 Å². The minimum atomic E-state index is -0.872. The monoisotopic (exact) mass is 430 g/mol. The second-order valence-corrected chi connectivity index (χ2v) is 8.93. The fourth-order valence-electron chi connectivity index (χ4n) is 3.20. The Morgan fingerprint density at radius 2 is 1.97 bits per heavy atom. The second kappa shape index (κ2) is 9.49. The highest BCUT2D eigenvalue weighted by Crippen LogP contribution is 2.36. The van der Waals surface area contributed by atoms with Gasteiger partial charge in [0, 0.05) is 13.1 Å². The zero-order valence-electron chi connectivity index (χ0n) is 17.3. The van der Waals surface area contributed by atoms with Gasteiger partial charge in [0.25, 0.3) is 0 Å². The molecule has 8 heteroatoms. The Bertz CT molecular complexity index is 887. The maximum Gasteiger partial charge on any atom is 0.303 e. The number of carbonyl (C=O) groups excluding carboxylic acids is 2. The van der Waals surface area contributed by atoms with Gasteiger partial charge in [-0.25, -0.2) is 0 Å². The number of benzene rings is 1. The molecule has 0 spiro atoms. The molecule has 2 heterocycles. The van der Waals surface area contributed by atoms with Gasteiger partial charge >= 0.3 is 5.97 Å². The van der Waals surface area contributed by atoms with Crippen LogP contribution >= 0.6 is 11.8 Å². The number of thioether (sulfide) groups is 1. The number of nitrogens with zero attached hydrogens (tertiary/aromatic N) is 1. The van der Waals surface area contributed by atoms with Crippen molar-refractivity contribution in [3.05, 3.63) is 59.4 Å². The van der Waals surface area contributed by atoms with Crippen molar-refractivity contribution >= 4 is 23.6 Å². The second-order valence-electron chi connectivity index (χ2n) is 7.35. The molecule has 3 atom stereocenters. The molecule has 1 aliphatic heterocycles. The standard InChI is InChI=1S/C22H26N2O5S/c1-4-15-7-10-18(23-12-15)19(29-14(2)25)13-28-17-8-5-16(6-9-17)11-22(3)20(26)24-21(27)30-22/h5-10,12,19,21,27H,4,11,13H2,1-3H3,(H,24,26). The summed E-state index contributed by atoms with van der Waals surface area (Å²) in [5, 5.41) is 12.2. The first-order valence-electron chi connectivity index (χ1n) is 9.79. The van der Waals surface area contributed by atoms with Crippen LogP contribution in [0.15, 0.2) is 42.6 Å². The van der Waals surface area contributed by atoms with Crippen molar-refractivity contribution < 1.29 is 24.2 Å². The van der Waals surface area contributed by atoms with Crippen molar-refractivity contribution in [2.45, 2.75) is 50.0 Å². The molecule has 3 rings (SSSR count). The Balaban J connectivity index is 1.63. The predicted molar refractivity (Wildman–Crippen MR) is 114 cm³/mol. The first-order valence-corrected chi connectivity index (χ1v) is 10.7. The fraction of sp³-hybridized carbons (Fsp3) is 0.409. The van der Waals surface area contributed by atoms with Crippen LogP contribution in [0.1, 0.15) is 43.7 Å². The SMILES string of the molecule is CCc1ccc(C(COc2ccc(CC3(C)SC(O)NC3=O)cc2)OC(C)=O)nc1. The van der Waals surface area contributed by atoms with E-state index in [1.807, 2.05) is 50.2 Å². The summed E-state index contributed by atoms with van der Waals surface area (Å²) in [6.45, 7) is 5.36. The molecule has 160 valence electrons. The zero-order valence-corrected chi connectivity index (χ0v) is 18.1. The molecule has 1 aromatic carbocycles. The Kier molecular flexibility index (Phi) is 6.99. The van der Waals surface area contributed by atoms with E-state index in [9.17, 15) is 14.7 Å². The van der Waals surface area contributed by atoms with Crippen LogP contribution in [0.5, 0.6) is 5.75 Å². The minimum absolute atomic E-state index is 0.138. The molecule has 1 amide bonds. The molecule has 0 saturated carbocycles. The Morgan fingerprint density at radius 1 is 1.27 bits per heavy atom. The number of aryl methyl sites for hydroxylation is 1. The first kappa shape index (κ1) is 22.1. The lowest BCUT2D eigenvalue weighted by Crippen LogP contribution is -2.36. The molecule has 2 N–H and O–H groups in total. The van der Waals surface area contributed by atoms with Gasteiger partial charge in [0.15, 0.2) is 11.7 Å². The number of aromatic nitrogens is 1. The molecular formula is C22H26N2O5S. The van der Waals surface area contributed by atoms with Crippen molar-refractivity contribution in [3.63, 3.8) is 0 Å². The van der Waals surface area contributed by atoms with Crippen molar-refractivity contribution in [2.75, 3.05) is 6.61 Å². The van der Waals surface area contributed by atoms with Crippen LogP contribution in [0.2, 0.25) is 0 Å². The summed E-state index contributed by atoms with van der Waals surface area (Å²) in [6, 6.07) is 11.2. The molecule has 0 radical (unpaired) electrons. The minimum Gasteiger partial charge on any atom is -0.489 e. The van der Waals surface area contributed by atoms with E-state index in [1.165, 1.54) is 18.7 Å². The van der Waals surface area contributed by atoms with E-state index >= 15 is 0 Å². The lowest BCUT2D eigenvalue weighted by Gasteiger charge is -2.20. The summed E-state index contributed by atoms with van der Waals surface area (Å²) >= 11 is 1.20. The van der Waals surface area contributed by atoms with Gasteiger partial charge in [-0.2, -0.15) is 0 Å². The predicted octanol–water partition coefficient (Wildman–Crippen LogP) is 2.77. The molecule has 1 aromatic heterocycles. The normalized spacial score (nSPS) is 21.7. The molecular weight excluding hydrogens is 404 g/mol. The number of amides is 1. The highest BCUT2D eigenvalue weighted by molar-refractivity contribution is 8.02. The number of aliphatic hydroxyl groups excluding tert-OH is 1.